The van der Waals surface area contributed by atoms with Gasteiger partial charge < -0.3 is 21.3 Å². The number of amides is 3. The monoisotopic (exact) mass is 499 g/mol. The highest BCUT2D eigenvalue weighted by Gasteiger charge is 2.76. The van der Waals surface area contributed by atoms with Crippen LogP contribution in [0.3, 0.4) is 0 Å². The molecule has 0 aliphatic carbocycles. The van der Waals surface area contributed by atoms with Crippen LogP contribution in [0.2, 0.25) is 0 Å². The summed E-state index contributed by atoms with van der Waals surface area (Å²) < 4.78 is 0. The van der Waals surface area contributed by atoms with Gasteiger partial charge in [0, 0.05) is 18.4 Å². The number of carbonyl (C=O) groups is 3. The van der Waals surface area contributed by atoms with E-state index < -0.39 is 35.5 Å². The molecule has 5 rings (SSSR count). The van der Waals surface area contributed by atoms with Crippen molar-refractivity contribution in [1.82, 2.24) is 20.4 Å². The first-order chi connectivity index (χ1) is 17.0. The molecule has 2 unspecified atom stereocenters. The molecule has 4 heterocycles. The lowest BCUT2D eigenvalue weighted by atomic mass is 9.84. The van der Waals surface area contributed by atoms with E-state index in [0.717, 1.165) is 22.4 Å². The van der Waals surface area contributed by atoms with Crippen molar-refractivity contribution in [2.24, 2.45) is 16.5 Å². The first kappa shape index (κ1) is 24.0. The second-order valence-corrected chi connectivity index (χ2v) is 9.69. The van der Waals surface area contributed by atoms with Crippen molar-refractivity contribution in [1.29, 1.82) is 0 Å². The number of nitrogens with two attached hydrogens (primary N) is 2. The van der Waals surface area contributed by atoms with Crippen molar-refractivity contribution in [3.63, 3.8) is 0 Å². The average molecular weight is 500 g/mol. The molecule has 36 heavy (non-hydrogen) atoms. The predicted octanol–water partition coefficient (Wildman–Crippen LogP) is -4.44. The minimum atomic E-state index is -2.57. The van der Waals surface area contributed by atoms with Gasteiger partial charge in [-0.3, -0.25) is 34.9 Å². The van der Waals surface area contributed by atoms with Gasteiger partial charge in [-0.05, 0) is 30.5 Å². The van der Waals surface area contributed by atoms with Crippen LogP contribution >= 0.6 is 0 Å². The number of likely N-dealkylation sites (tertiary alicyclic amines) is 1. The van der Waals surface area contributed by atoms with Crippen molar-refractivity contribution < 1.29 is 29.6 Å². The number of rotatable bonds is 5. The van der Waals surface area contributed by atoms with E-state index in [1.54, 1.807) is 12.1 Å². The maximum absolute atomic E-state index is 13.2. The number of aryl methyl sites for hydroxylation is 1. The Morgan fingerprint density at radius 1 is 1.28 bits per heavy atom. The number of benzene rings is 1. The molecule has 0 radical (unpaired) electrons. The van der Waals surface area contributed by atoms with Crippen LogP contribution < -0.4 is 27.1 Å². The van der Waals surface area contributed by atoms with E-state index in [1.165, 1.54) is 4.90 Å². The molecule has 13 heteroatoms. The number of aliphatic imine (C=N–C) groups is 1. The Morgan fingerprint density at radius 2 is 1.97 bits per heavy atom. The molecule has 13 nitrogen and oxygen atoms in total. The van der Waals surface area contributed by atoms with Crippen molar-refractivity contribution in [3.8, 4) is 0 Å². The highest BCUT2D eigenvalue weighted by Crippen LogP contribution is 2.41. The molecule has 3 amide bonds. The Morgan fingerprint density at radius 3 is 2.64 bits per heavy atom. The lowest BCUT2D eigenvalue weighted by Crippen LogP contribution is -2.90. The number of imide groups is 1. The van der Waals surface area contributed by atoms with Gasteiger partial charge in [-0.1, -0.05) is 19.1 Å². The summed E-state index contributed by atoms with van der Waals surface area (Å²) >= 11 is 0. The number of aliphatic hydroxyl groups is 2. The topological polar surface area (TPSA) is 201 Å². The minimum absolute atomic E-state index is 0.0345. The van der Waals surface area contributed by atoms with Gasteiger partial charge in [0.05, 0.1) is 13.1 Å². The van der Waals surface area contributed by atoms with E-state index in [4.69, 9.17) is 11.5 Å². The van der Waals surface area contributed by atoms with E-state index >= 15 is 0 Å². The zero-order chi connectivity index (χ0) is 26.0. The van der Waals surface area contributed by atoms with Crippen molar-refractivity contribution in [2.75, 3.05) is 13.1 Å². The van der Waals surface area contributed by atoms with E-state index in [1.807, 2.05) is 19.9 Å². The molecule has 4 aliphatic heterocycles. The van der Waals surface area contributed by atoms with E-state index in [-0.39, 0.29) is 49.7 Å². The molecule has 192 valence electrons. The second kappa shape index (κ2) is 8.17. The summed E-state index contributed by atoms with van der Waals surface area (Å²) in [6.07, 6.45) is 0.979. The predicted molar refractivity (Wildman–Crippen MR) is 127 cm³/mol. The van der Waals surface area contributed by atoms with Crippen LogP contribution in [0.4, 0.5) is 0 Å². The highest BCUT2D eigenvalue weighted by atomic mass is 16.5. The van der Waals surface area contributed by atoms with E-state index in [9.17, 15) is 24.6 Å². The molecule has 1 spiro atoms. The number of nitrogens with zero attached hydrogens (tertiary/aromatic N) is 3. The Hall–Kier alpha value is -3.71. The van der Waals surface area contributed by atoms with Crippen LogP contribution in [0.15, 0.2) is 23.2 Å². The lowest BCUT2D eigenvalue weighted by Gasteiger charge is -2.46. The van der Waals surface area contributed by atoms with Gasteiger partial charge in [-0.25, -0.2) is 10.3 Å². The summed E-state index contributed by atoms with van der Waals surface area (Å²) in [5, 5.41) is 28.8. The van der Waals surface area contributed by atoms with Gasteiger partial charge >= 0.3 is 5.96 Å². The normalized spacial score (nSPS) is 30.5. The fraction of sp³-hybridized carbons (Fsp3) is 0.522. The summed E-state index contributed by atoms with van der Waals surface area (Å²) in [6, 6.07) is 2.52. The van der Waals surface area contributed by atoms with Crippen molar-refractivity contribution in [3.05, 3.63) is 34.9 Å². The van der Waals surface area contributed by atoms with E-state index in [0.29, 0.717) is 5.56 Å². The Labute approximate surface area is 207 Å². The molecule has 4 aliphatic rings. The average Bonchev–Trinajstić information content (AvgIpc) is 3.42. The molecule has 0 bridgehead atoms. The summed E-state index contributed by atoms with van der Waals surface area (Å²) in [5.74, 6) is -3.67. The quantitative estimate of drug-likeness (QED) is 0.154. The van der Waals surface area contributed by atoms with Gasteiger partial charge in [0.15, 0.2) is 12.0 Å². The smallest absolute Gasteiger partial charge is 0.343 e. The number of guanidine groups is 2. The van der Waals surface area contributed by atoms with Crippen LogP contribution in [0.5, 0.6) is 0 Å². The molecular weight excluding hydrogens is 468 g/mol. The summed E-state index contributed by atoms with van der Waals surface area (Å²) in [7, 11) is 0. The maximum atomic E-state index is 13.2. The van der Waals surface area contributed by atoms with Gasteiger partial charge in [0.1, 0.15) is 12.1 Å². The van der Waals surface area contributed by atoms with Crippen molar-refractivity contribution >= 4 is 29.6 Å². The first-order valence-corrected chi connectivity index (χ1v) is 12.0. The number of hydrogen-bond acceptors (Lipinski definition) is 10. The van der Waals surface area contributed by atoms with Gasteiger partial charge in [0.25, 0.3) is 11.6 Å². The van der Waals surface area contributed by atoms with Gasteiger partial charge in [-0.15, -0.1) is 0 Å². The van der Waals surface area contributed by atoms with Crippen LogP contribution in [0, 0.1) is 6.92 Å². The molecule has 2 saturated heterocycles. The number of carbonyl (C=O) groups excluding carboxylic acids is 3. The first-order valence-electron chi connectivity index (χ1n) is 12.0. The Balaban J connectivity index is 1.47. The summed E-state index contributed by atoms with van der Waals surface area (Å²) in [5.41, 5.74) is 12.9. The molecule has 0 saturated carbocycles. The zero-order valence-corrected chi connectivity index (χ0v) is 20.1. The Bertz CT molecular complexity index is 1200. The molecule has 1 aromatic carbocycles. The zero-order valence-electron chi connectivity index (χ0n) is 20.1. The molecule has 0 aromatic heterocycles. The third kappa shape index (κ3) is 3.26. The summed E-state index contributed by atoms with van der Waals surface area (Å²) in [4.78, 5) is 47.7. The van der Waals surface area contributed by atoms with Gasteiger partial charge in [-0.2, -0.15) is 0 Å². The molecule has 1 aromatic rings. The van der Waals surface area contributed by atoms with Crippen LogP contribution in [-0.4, -0.2) is 92.3 Å². The molecular formula is C23H31N8O5+. The molecule has 2 fully saturated rings. The van der Waals surface area contributed by atoms with E-state index in [2.05, 4.69) is 20.6 Å². The van der Waals surface area contributed by atoms with Crippen LogP contribution in [-0.2, 0) is 16.0 Å². The molecule has 9 N–H and O–H groups in total. The standard InChI is InChI=1S/C23H30N8O5/c1-3-12-5-4-6-13(11(12)2)19(34)27-15-10-31-21(25)26-14(9-30-16(32)7-8-17(30)33)18-22(31,23(15,35)36)29-20(24)28-18/h4-6,14-15,18,35-36H,3,7-10H2,1-2H3,(H2,25,26)(H,27,34)(H3,24,28,29)/p+1/t14-,15?,18-,22?/m0/s1. The largest absolute Gasteiger partial charge is 0.370 e. The molecule has 4 atom stereocenters. The number of nitrogens with one attached hydrogen (secondary N) is 3. The van der Waals surface area contributed by atoms with Crippen LogP contribution in [0.25, 0.3) is 0 Å². The SMILES string of the molecule is CCc1cccc(C(=O)NC2CN3C(N)=N[C@@H](CN4C(=O)CCC4=O)[C@@H]4[NH+]=C(N)NC43C2(O)O)c1C. The second-order valence-electron chi connectivity index (χ2n) is 9.69. The fourth-order valence-corrected chi connectivity index (χ4v) is 5.88. The Kier molecular flexibility index (Phi) is 5.45. The number of hydrogen-bond donors (Lipinski definition) is 7. The third-order valence-electron chi connectivity index (χ3n) is 7.78. The minimum Gasteiger partial charge on any atom is -0.370 e. The fourth-order valence-electron chi connectivity index (χ4n) is 5.88. The maximum Gasteiger partial charge on any atom is 0.343 e. The lowest BCUT2D eigenvalue weighted by molar-refractivity contribution is -0.521. The van der Waals surface area contributed by atoms with Gasteiger partial charge in [0.2, 0.25) is 17.6 Å². The summed E-state index contributed by atoms with van der Waals surface area (Å²) in [6.45, 7) is 3.66. The third-order valence-corrected chi connectivity index (χ3v) is 7.78. The highest BCUT2D eigenvalue weighted by molar-refractivity contribution is 6.02. The van der Waals surface area contributed by atoms with Crippen LogP contribution in [0.1, 0.15) is 41.3 Å². The van der Waals surface area contributed by atoms with Crippen molar-refractivity contribution in [2.45, 2.75) is 62.7 Å².